The van der Waals surface area contributed by atoms with E-state index in [1.54, 1.807) is 7.11 Å². The van der Waals surface area contributed by atoms with Gasteiger partial charge in [-0.25, -0.2) is 0 Å². The summed E-state index contributed by atoms with van der Waals surface area (Å²) in [4.78, 5) is 0. The molecular weight excluding hydrogens is 226 g/mol. The predicted molar refractivity (Wildman–Crippen MR) is 76.0 cm³/mol. The number of rotatable bonds is 10. The Morgan fingerprint density at radius 2 is 1.94 bits per heavy atom. The topological polar surface area (TPSA) is 30.5 Å². The van der Waals surface area contributed by atoms with Crippen LogP contribution in [0.3, 0.4) is 0 Å². The Hall–Kier alpha value is -0.120. The number of hydrogen-bond acceptors (Lipinski definition) is 3. The Balaban J connectivity index is 2.11. The highest BCUT2D eigenvalue weighted by atomic mass is 16.5. The molecule has 1 N–H and O–H groups in total. The largest absolute Gasteiger partial charge is 0.382 e. The Bertz CT molecular complexity index is 181. The van der Waals surface area contributed by atoms with Crippen LogP contribution in [0.2, 0.25) is 0 Å². The number of likely N-dealkylation sites (N-methyl/N-ethyl adjacent to an activating group) is 1. The predicted octanol–water partition coefficient (Wildman–Crippen LogP) is 2.99. The molecule has 0 bridgehead atoms. The molecule has 0 saturated heterocycles. The first-order chi connectivity index (χ1) is 8.86. The fourth-order valence-corrected chi connectivity index (χ4v) is 2.81. The van der Waals surface area contributed by atoms with E-state index in [0.717, 1.165) is 19.1 Å². The molecule has 0 radical (unpaired) electrons. The smallest absolute Gasteiger partial charge is 0.0701 e. The third kappa shape index (κ3) is 7.34. The molecule has 3 nitrogen and oxygen atoms in total. The van der Waals surface area contributed by atoms with Crippen molar-refractivity contribution >= 4 is 0 Å². The van der Waals surface area contributed by atoms with E-state index in [1.165, 1.54) is 44.9 Å². The average Bonchev–Trinajstić information content (AvgIpc) is 2.42. The van der Waals surface area contributed by atoms with Crippen molar-refractivity contribution < 1.29 is 9.47 Å². The third-order valence-corrected chi connectivity index (χ3v) is 3.89. The van der Waals surface area contributed by atoms with Crippen LogP contribution in [-0.2, 0) is 9.47 Å². The van der Waals surface area contributed by atoms with Crippen LogP contribution in [0, 0.1) is 5.92 Å². The number of methoxy groups -OCH3 is 1. The van der Waals surface area contributed by atoms with Crippen molar-refractivity contribution in [3.05, 3.63) is 0 Å². The first-order valence-electron chi connectivity index (χ1n) is 7.66. The third-order valence-electron chi connectivity index (χ3n) is 3.89. The van der Waals surface area contributed by atoms with Gasteiger partial charge in [-0.1, -0.05) is 39.0 Å². The SMILES string of the molecule is CCNC(CCC1CCCCC1)COCCOC. The van der Waals surface area contributed by atoms with Gasteiger partial charge in [-0.15, -0.1) is 0 Å². The van der Waals surface area contributed by atoms with Gasteiger partial charge in [0.25, 0.3) is 0 Å². The molecule has 0 spiro atoms. The minimum Gasteiger partial charge on any atom is -0.382 e. The summed E-state index contributed by atoms with van der Waals surface area (Å²) in [6, 6.07) is 0.522. The van der Waals surface area contributed by atoms with Gasteiger partial charge >= 0.3 is 0 Å². The molecule has 0 aromatic carbocycles. The van der Waals surface area contributed by atoms with E-state index in [0.29, 0.717) is 19.3 Å². The fourth-order valence-electron chi connectivity index (χ4n) is 2.81. The minimum absolute atomic E-state index is 0.522. The number of hydrogen-bond donors (Lipinski definition) is 1. The summed E-state index contributed by atoms with van der Waals surface area (Å²) in [6.07, 6.45) is 9.86. The van der Waals surface area contributed by atoms with Crippen molar-refractivity contribution in [2.45, 2.75) is 57.9 Å². The van der Waals surface area contributed by atoms with E-state index in [1.807, 2.05) is 0 Å². The van der Waals surface area contributed by atoms with Gasteiger partial charge in [0.15, 0.2) is 0 Å². The van der Waals surface area contributed by atoms with E-state index in [9.17, 15) is 0 Å². The molecule has 0 aromatic heterocycles. The van der Waals surface area contributed by atoms with Crippen LogP contribution in [0.25, 0.3) is 0 Å². The molecule has 1 fully saturated rings. The summed E-state index contributed by atoms with van der Waals surface area (Å²) in [7, 11) is 1.72. The van der Waals surface area contributed by atoms with Crippen molar-refractivity contribution in [2.24, 2.45) is 5.92 Å². The molecule has 0 aliphatic heterocycles. The van der Waals surface area contributed by atoms with E-state index in [2.05, 4.69) is 12.2 Å². The zero-order chi connectivity index (χ0) is 13.1. The Labute approximate surface area is 113 Å². The lowest BCUT2D eigenvalue weighted by molar-refractivity contribution is 0.0564. The summed E-state index contributed by atoms with van der Waals surface area (Å²) in [6.45, 7) is 5.43. The molecule has 1 aliphatic rings. The molecule has 1 rings (SSSR count). The van der Waals surface area contributed by atoms with E-state index < -0.39 is 0 Å². The van der Waals surface area contributed by atoms with Crippen molar-refractivity contribution in [1.82, 2.24) is 5.32 Å². The summed E-state index contributed by atoms with van der Waals surface area (Å²) < 4.78 is 10.6. The van der Waals surface area contributed by atoms with Crippen LogP contribution < -0.4 is 5.32 Å². The summed E-state index contributed by atoms with van der Waals surface area (Å²) in [5.74, 6) is 0.971. The highest BCUT2D eigenvalue weighted by Gasteiger charge is 2.15. The van der Waals surface area contributed by atoms with Crippen LogP contribution in [0.4, 0.5) is 0 Å². The summed E-state index contributed by atoms with van der Waals surface area (Å²) in [5, 5.41) is 3.53. The van der Waals surface area contributed by atoms with E-state index in [4.69, 9.17) is 9.47 Å². The molecule has 1 saturated carbocycles. The first-order valence-corrected chi connectivity index (χ1v) is 7.66. The monoisotopic (exact) mass is 257 g/mol. The second kappa shape index (κ2) is 10.8. The lowest BCUT2D eigenvalue weighted by Gasteiger charge is -2.24. The normalized spacial score (nSPS) is 19.0. The lowest BCUT2D eigenvalue weighted by atomic mass is 9.85. The van der Waals surface area contributed by atoms with Gasteiger partial charge in [-0.05, 0) is 25.3 Å². The van der Waals surface area contributed by atoms with Crippen molar-refractivity contribution in [2.75, 3.05) is 33.5 Å². The Morgan fingerprint density at radius 1 is 1.17 bits per heavy atom. The average molecular weight is 257 g/mol. The van der Waals surface area contributed by atoms with Gasteiger partial charge in [0.1, 0.15) is 0 Å². The zero-order valence-corrected chi connectivity index (χ0v) is 12.2. The van der Waals surface area contributed by atoms with Gasteiger partial charge in [-0.3, -0.25) is 0 Å². The second-order valence-electron chi connectivity index (χ2n) is 5.40. The molecule has 1 aliphatic carbocycles. The molecule has 0 amide bonds. The molecule has 0 aromatic rings. The van der Waals surface area contributed by atoms with Gasteiger partial charge in [-0.2, -0.15) is 0 Å². The van der Waals surface area contributed by atoms with Crippen LogP contribution in [0.15, 0.2) is 0 Å². The molecule has 108 valence electrons. The van der Waals surface area contributed by atoms with Gasteiger partial charge in [0.2, 0.25) is 0 Å². The van der Waals surface area contributed by atoms with Crippen LogP contribution >= 0.6 is 0 Å². The lowest BCUT2D eigenvalue weighted by Crippen LogP contribution is -2.34. The highest BCUT2D eigenvalue weighted by molar-refractivity contribution is 4.71. The number of nitrogens with one attached hydrogen (secondary N) is 1. The van der Waals surface area contributed by atoms with Crippen molar-refractivity contribution in [1.29, 1.82) is 0 Å². The maximum absolute atomic E-state index is 5.64. The molecule has 1 atom stereocenters. The zero-order valence-electron chi connectivity index (χ0n) is 12.2. The molecule has 3 heteroatoms. The summed E-state index contributed by atoms with van der Waals surface area (Å²) >= 11 is 0. The van der Waals surface area contributed by atoms with Crippen molar-refractivity contribution in [3.63, 3.8) is 0 Å². The van der Waals surface area contributed by atoms with Gasteiger partial charge in [0.05, 0.1) is 19.8 Å². The quantitative estimate of drug-likeness (QED) is 0.610. The molecule has 1 unspecified atom stereocenters. The van der Waals surface area contributed by atoms with Crippen LogP contribution in [-0.4, -0.2) is 39.5 Å². The van der Waals surface area contributed by atoms with Crippen LogP contribution in [0.5, 0.6) is 0 Å². The Morgan fingerprint density at radius 3 is 2.61 bits per heavy atom. The maximum atomic E-state index is 5.64. The number of ether oxygens (including phenoxy) is 2. The maximum Gasteiger partial charge on any atom is 0.0701 e. The second-order valence-corrected chi connectivity index (χ2v) is 5.40. The standard InChI is InChI=1S/C15H31NO2/c1-3-16-15(13-18-12-11-17-2)10-9-14-7-5-4-6-8-14/h14-16H,3-13H2,1-2H3. The molecule has 18 heavy (non-hydrogen) atoms. The summed E-state index contributed by atoms with van der Waals surface area (Å²) in [5.41, 5.74) is 0. The van der Waals surface area contributed by atoms with E-state index >= 15 is 0 Å². The highest BCUT2D eigenvalue weighted by Crippen LogP contribution is 2.27. The molecular formula is C15H31NO2. The Kier molecular flexibility index (Phi) is 9.54. The van der Waals surface area contributed by atoms with Gasteiger partial charge in [0, 0.05) is 13.2 Å². The van der Waals surface area contributed by atoms with Gasteiger partial charge < -0.3 is 14.8 Å². The van der Waals surface area contributed by atoms with Crippen LogP contribution in [0.1, 0.15) is 51.9 Å². The van der Waals surface area contributed by atoms with E-state index in [-0.39, 0.29) is 0 Å². The van der Waals surface area contributed by atoms with Crippen molar-refractivity contribution in [3.8, 4) is 0 Å². The molecule has 0 heterocycles. The fraction of sp³-hybridized carbons (Fsp3) is 1.00. The first kappa shape index (κ1) is 15.9. The minimum atomic E-state index is 0.522.